The Morgan fingerprint density at radius 2 is 1.61 bits per heavy atom. The molecule has 0 radical (unpaired) electrons. The normalized spacial score (nSPS) is 9.83. The van der Waals surface area contributed by atoms with E-state index in [1.54, 1.807) is 0 Å². The van der Waals surface area contributed by atoms with E-state index in [0.29, 0.717) is 5.56 Å². The van der Waals surface area contributed by atoms with E-state index in [9.17, 15) is 5.26 Å². The van der Waals surface area contributed by atoms with Crippen LogP contribution in [0.2, 0.25) is 0 Å². The van der Waals surface area contributed by atoms with Crippen molar-refractivity contribution in [2.45, 2.75) is 13.8 Å². The minimum atomic E-state index is 0.711. The maximum atomic E-state index is 9.20. The predicted octanol–water partition coefficient (Wildman–Crippen LogP) is 4.02. The number of aryl methyl sites for hydroxylation is 1. The number of hydrogen-bond donors (Lipinski definition) is 0. The van der Waals surface area contributed by atoms with Gasteiger partial charge in [-0.05, 0) is 37.6 Å². The molecule has 2 aromatic rings. The highest BCUT2D eigenvalue weighted by Crippen LogP contribution is 2.30. The number of para-hydroxylation sites is 2. The SMILES string of the molecule is CCN(c1ccccc1C)c1ccccc1C#N. The molecule has 2 heteroatoms. The highest BCUT2D eigenvalue weighted by atomic mass is 15.1. The smallest absolute Gasteiger partial charge is 0.101 e. The molecule has 0 amide bonds. The number of hydrogen-bond acceptors (Lipinski definition) is 2. The molecule has 0 unspecified atom stereocenters. The van der Waals surface area contributed by atoms with E-state index < -0.39 is 0 Å². The van der Waals surface area contributed by atoms with Crippen molar-refractivity contribution in [1.82, 2.24) is 0 Å². The van der Waals surface area contributed by atoms with E-state index in [2.05, 4.69) is 36.9 Å². The summed E-state index contributed by atoms with van der Waals surface area (Å²) in [5, 5.41) is 9.20. The summed E-state index contributed by atoms with van der Waals surface area (Å²) in [6, 6.07) is 18.2. The van der Waals surface area contributed by atoms with Crippen LogP contribution in [-0.4, -0.2) is 6.54 Å². The monoisotopic (exact) mass is 236 g/mol. The first-order chi connectivity index (χ1) is 8.77. The quantitative estimate of drug-likeness (QED) is 0.804. The molecule has 0 saturated heterocycles. The van der Waals surface area contributed by atoms with Crippen LogP contribution in [0.3, 0.4) is 0 Å². The Labute approximate surface area is 108 Å². The van der Waals surface area contributed by atoms with Crippen LogP contribution in [0.15, 0.2) is 48.5 Å². The van der Waals surface area contributed by atoms with Gasteiger partial charge >= 0.3 is 0 Å². The van der Waals surface area contributed by atoms with E-state index in [1.807, 2.05) is 36.4 Å². The summed E-state index contributed by atoms with van der Waals surface area (Å²) in [7, 11) is 0. The van der Waals surface area contributed by atoms with Crippen molar-refractivity contribution in [3.05, 3.63) is 59.7 Å². The zero-order valence-electron chi connectivity index (χ0n) is 10.7. The van der Waals surface area contributed by atoms with E-state index in [-0.39, 0.29) is 0 Å². The van der Waals surface area contributed by atoms with Crippen molar-refractivity contribution in [3.8, 4) is 6.07 Å². The molecule has 0 aromatic heterocycles. The topological polar surface area (TPSA) is 27.0 Å². The summed E-state index contributed by atoms with van der Waals surface area (Å²) in [5.41, 5.74) is 4.05. The summed E-state index contributed by atoms with van der Waals surface area (Å²) in [4.78, 5) is 2.17. The van der Waals surface area contributed by atoms with Gasteiger partial charge in [0.25, 0.3) is 0 Å². The number of anilines is 2. The van der Waals surface area contributed by atoms with Crippen LogP contribution < -0.4 is 4.90 Å². The second-order valence-electron chi connectivity index (χ2n) is 4.16. The molecule has 0 spiro atoms. The van der Waals surface area contributed by atoms with Crippen molar-refractivity contribution < 1.29 is 0 Å². The lowest BCUT2D eigenvalue weighted by Crippen LogP contribution is -2.18. The Morgan fingerprint density at radius 3 is 2.22 bits per heavy atom. The molecule has 0 N–H and O–H groups in total. The van der Waals surface area contributed by atoms with E-state index >= 15 is 0 Å². The fourth-order valence-corrected chi connectivity index (χ4v) is 2.14. The first-order valence-corrected chi connectivity index (χ1v) is 6.10. The van der Waals surface area contributed by atoms with Gasteiger partial charge in [0.15, 0.2) is 0 Å². The first kappa shape index (κ1) is 12.2. The van der Waals surface area contributed by atoms with Crippen LogP contribution in [-0.2, 0) is 0 Å². The van der Waals surface area contributed by atoms with E-state index in [1.165, 1.54) is 5.56 Å². The Balaban J connectivity index is 2.53. The third-order valence-electron chi connectivity index (χ3n) is 3.04. The van der Waals surface area contributed by atoms with Gasteiger partial charge in [0.1, 0.15) is 6.07 Å². The molecule has 2 rings (SSSR count). The third kappa shape index (κ3) is 2.21. The van der Waals surface area contributed by atoms with E-state index in [0.717, 1.165) is 17.9 Å². The van der Waals surface area contributed by atoms with Gasteiger partial charge in [-0.25, -0.2) is 0 Å². The van der Waals surface area contributed by atoms with Crippen molar-refractivity contribution in [3.63, 3.8) is 0 Å². The van der Waals surface area contributed by atoms with Gasteiger partial charge in [0.05, 0.1) is 11.3 Å². The van der Waals surface area contributed by atoms with Crippen LogP contribution in [0.4, 0.5) is 11.4 Å². The second-order valence-corrected chi connectivity index (χ2v) is 4.16. The largest absolute Gasteiger partial charge is 0.340 e. The summed E-state index contributed by atoms with van der Waals surface area (Å²) < 4.78 is 0. The van der Waals surface area contributed by atoms with Crippen LogP contribution in [0, 0.1) is 18.3 Å². The number of benzene rings is 2. The van der Waals surface area contributed by atoms with Crippen molar-refractivity contribution in [1.29, 1.82) is 5.26 Å². The minimum absolute atomic E-state index is 0.711. The molecule has 90 valence electrons. The molecule has 0 aliphatic heterocycles. The van der Waals surface area contributed by atoms with Crippen molar-refractivity contribution in [2.75, 3.05) is 11.4 Å². The Hall–Kier alpha value is -2.27. The molecule has 0 saturated carbocycles. The maximum absolute atomic E-state index is 9.20. The summed E-state index contributed by atoms with van der Waals surface area (Å²) in [6.45, 7) is 5.02. The summed E-state index contributed by atoms with van der Waals surface area (Å²) in [6.07, 6.45) is 0. The molecule has 2 aromatic carbocycles. The molecular formula is C16H16N2. The van der Waals surface area contributed by atoms with Crippen molar-refractivity contribution >= 4 is 11.4 Å². The third-order valence-corrected chi connectivity index (χ3v) is 3.04. The average molecular weight is 236 g/mol. The zero-order chi connectivity index (χ0) is 13.0. The van der Waals surface area contributed by atoms with Crippen LogP contribution in [0.5, 0.6) is 0 Å². The number of rotatable bonds is 3. The second kappa shape index (κ2) is 5.37. The van der Waals surface area contributed by atoms with Gasteiger partial charge < -0.3 is 4.90 Å². The summed E-state index contributed by atoms with van der Waals surface area (Å²) in [5.74, 6) is 0. The molecule has 0 heterocycles. The standard InChI is InChI=1S/C16H16N2/c1-3-18(15-10-6-4-8-13(15)2)16-11-7-5-9-14(16)12-17/h4-11H,3H2,1-2H3. The lowest BCUT2D eigenvalue weighted by molar-refractivity contribution is 1.01. The molecule has 0 aliphatic rings. The molecule has 0 atom stereocenters. The highest BCUT2D eigenvalue weighted by molar-refractivity contribution is 5.71. The molecule has 0 fully saturated rings. The molecule has 2 nitrogen and oxygen atoms in total. The zero-order valence-corrected chi connectivity index (χ0v) is 10.7. The van der Waals surface area contributed by atoms with Crippen LogP contribution >= 0.6 is 0 Å². The molecular weight excluding hydrogens is 220 g/mol. The van der Waals surface area contributed by atoms with Crippen LogP contribution in [0.25, 0.3) is 0 Å². The van der Waals surface area contributed by atoms with Crippen molar-refractivity contribution in [2.24, 2.45) is 0 Å². The predicted molar refractivity (Wildman–Crippen MR) is 75.0 cm³/mol. The van der Waals surface area contributed by atoms with Crippen LogP contribution in [0.1, 0.15) is 18.1 Å². The number of nitriles is 1. The van der Waals surface area contributed by atoms with E-state index in [4.69, 9.17) is 0 Å². The van der Waals surface area contributed by atoms with Gasteiger partial charge in [0.2, 0.25) is 0 Å². The Bertz CT molecular complexity index is 582. The Morgan fingerprint density at radius 1 is 1.00 bits per heavy atom. The Kier molecular flexibility index (Phi) is 3.64. The highest BCUT2D eigenvalue weighted by Gasteiger charge is 2.12. The fraction of sp³-hybridized carbons (Fsp3) is 0.188. The minimum Gasteiger partial charge on any atom is -0.340 e. The van der Waals surface area contributed by atoms with Gasteiger partial charge in [-0.1, -0.05) is 30.3 Å². The molecule has 18 heavy (non-hydrogen) atoms. The van der Waals surface area contributed by atoms with Gasteiger partial charge in [-0.15, -0.1) is 0 Å². The van der Waals surface area contributed by atoms with Gasteiger partial charge in [0, 0.05) is 12.2 Å². The average Bonchev–Trinajstić information content (AvgIpc) is 2.42. The fourth-order valence-electron chi connectivity index (χ4n) is 2.14. The lowest BCUT2D eigenvalue weighted by atomic mass is 10.1. The molecule has 0 aliphatic carbocycles. The van der Waals surface area contributed by atoms with Gasteiger partial charge in [-0.2, -0.15) is 5.26 Å². The lowest BCUT2D eigenvalue weighted by Gasteiger charge is -2.25. The maximum Gasteiger partial charge on any atom is 0.101 e. The first-order valence-electron chi connectivity index (χ1n) is 6.10. The van der Waals surface area contributed by atoms with Gasteiger partial charge in [-0.3, -0.25) is 0 Å². The summed E-state index contributed by atoms with van der Waals surface area (Å²) >= 11 is 0. The number of nitrogens with zero attached hydrogens (tertiary/aromatic N) is 2. The molecule has 0 bridgehead atoms.